The zero-order chi connectivity index (χ0) is 9.14. The van der Waals surface area contributed by atoms with Crippen LogP contribution in [0.4, 0.5) is 0 Å². The van der Waals surface area contributed by atoms with Gasteiger partial charge in [-0.05, 0) is 6.07 Å². The predicted molar refractivity (Wildman–Crippen MR) is 40.8 cm³/mol. The molecule has 12 heavy (non-hydrogen) atoms. The van der Waals surface area contributed by atoms with Gasteiger partial charge >= 0.3 is 11.7 Å². The second-order valence-electron chi connectivity index (χ2n) is 2.35. The molecule has 1 heterocycles. The van der Waals surface area contributed by atoms with E-state index in [9.17, 15) is 9.59 Å². The highest BCUT2D eigenvalue weighted by molar-refractivity contribution is 5.69. The van der Waals surface area contributed by atoms with Crippen molar-refractivity contribution in [2.75, 3.05) is 0 Å². The fraction of sp³-hybridized carbons (Fsp3) is 0.286. The summed E-state index contributed by atoms with van der Waals surface area (Å²) in [5.74, 6) is -0.962. The predicted octanol–water partition coefficient (Wildman–Crippen LogP) is -0.593. The lowest BCUT2D eigenvalue weighted by molar-refractivity contribution is -0.136. The Bertz CT molecular complexity index is 356. The highest BCUT2D eigenvalue weighted by atomic mass is 16.4. The molecule has 0 aliphatic carbocycles. The molecule has 1 aromatic heterocycles. The number of aromatic nitrogens is 2. The third kappa shape index (κ3) is 1.69. The van der Waals surface area contributed by atoms with Crippen molar-refractivity contribution in [1.29, 1.82) is 0 Å². The zero-order valence-electron chi connectivity index (χ0n) is 6.52. The first-order valence-electron chi connectivity index (χ1n) is 3.34. The maximum atomic E-state index is 10.9. The van der Waals surface area contributed by atoms with E-state index in [1.807, 2.05) is 0 Å². The van der Waals surface area contributed by atoms with Gasteiger partial charge in [0.1, 0.15) is 0 Å². The Hall–Kier alpha value is -1.65. The molecule has 0 atom stereocenters. The van der Waals surface area contributed by atoms with Crippen LogP contribution in [0.5, 0.6) is 0 Å². The number of rotatable bonds is 2. The standard InChI is InChI=1S/C7H8N2O3/c1-9-5(4-6(10)11)2-3-8-7(9)12/h2-3H,4H2,1H3,(H,10,11). The summed E-state index contributed by atoms with van der Waals surface area (Å²) in [6.45, 7) is 0. The number of aliphatic carboxylic acids is 1. The lowest BCUT2D eigenvalue weighted by atomic mass is 10.3. The molecule has 0 bridgehead atoms. The van der Waals surface area contributed by atoms with E-state index in [2.05, 4.69) is 4.98 Å². The normalized spacial score (nSPS) is 9.75. The Morgan fingerprint density at radius 3 is 3.00 bits per heavy atom. The average molecular weight is 168 g/mol. The van der Waals surface area contributed by atoms with Crippen LogP contribution in [-0.4, -0.2) is 20.6 Å². The van der Waals surface area contributed by atoms with Gasteiger partial charge in [-0.15, -0.1) is 0 Å². The molecular formula is C7H8N2O3. The van der Waals surface area contributed by atoms with E-state index >= 15 is 0 Å². The molecule has 0 saturated carbocycles. The number of hydrogen-bond acceptors (Lipinski definition) is 3. The van der Waals surface area contributed by atoms with E-state index in [0.29, 0.717) is 5.69 Å². The van der Waals surface area contributed by atoms with Gasteiger partial charge in [-0.25, -0.2) is 9.78 Å². The smallest absolute Gasteiger partial charge is 0.347 e. The Morgan fingerprint density at radius 2 is 2.42 bits per heavy atom. The second-order valence-corrected chi connectivity index (χ2v) is 2.35. The average Bonchev–Trinajstić information content (AvgIpc) is 1.98. The van der Waals surface area contributed by atoms with Crippen molar-refractivity contribution in [3.8, 4) is 0 Å². The van der Waals surface area contributed by atoms with Crippen molar-refractivity contribution >= 4 is 5.97 Å². The quantitative estimate of drug-likeness (QED) is 0.640. The van der Waals surface area contributed by atoms with Gasteiger partial charge in [0.15, 0.2) is 0 Å². The van der Waals surface area contributed by atoms with Crippen LogP contribution in [0.3, 0.4) is 0 Å². The third-order valence-electron chi connectivity index (χ3n) is 1.50. The fourth-order valence-electron chi connectivity index (χ4n) is 0.841. The van der Waals surface area contributed by atoms with Crippen molar-refractivity contribution in [1.82, 2.24) is 9.55 Å². The summed E-state index contributed by atoms with van der Waals surface area (Å²) in [6.07, 6.45) is 1.15. The van der Waals surface area contributed by atoms with Crippen LogP contribution in [0.1, 0.15) is 5.69 Å². The van der Waals surface area contributed by atoms with Crippen molar-refractivity contribution in [3.05, 3.63) is 28.4 Å². The van der Waals surface area contributed by atoms with Crippen LogP contribution in [0.15, 0.2) is 17.1 Å². The Balaban J connectivity index is 3.08. The van der Waals surface area contributed by atoms with E-state index in [1.165, 1.54) is 23.9 Å². The maximum Gasteiger partial charge on any atom is 0.347 e. The molecule has 0 amide bonds. The molecule has 0 radical (unpaired) electrons. The third-order valence-corrected chi connectivity index (χ3v) is 1.50. The van der Waals surface area contributed by atoms with Gasteiger partial charge in [0.2, 0.25) is 0 Å². The van der Waals surface area contributed by atoms with Gasteiger partial charge < -0.3 is 5.11 Å². The number of nitrogens with zero attached hydrogens (tertiary/aromatic N) is 2. The van der Waals surface area contributed by atoms with E-state index in [4.69, 9.17) is 5.11 Å². The van der Waals surface area contributed by atoms with E-state index < -0.39 is 11.7 Å². The molecule has 1 rings (SSSR count). The van der Waals surface area contributed by atoms with Crippen molar-refractivity contribution in [3.63, 3.8) is 0 Å². The van der Waals surface area contributed by atoms with Gasteiger partial charge in [0.25, 0.3) is 0 Å². The van der Waals surface area contributed by atoms with Crippen molar-refractivity contribution in [2.24, 2.45) is 7.05 Å². The van der Waals surface area contributed by atoms with E-state index in [1.54, 1.807) is 0 Å². The van der Waals surface area contributed by atoms with Gasteiger partial charge in [0, 0.05) is 18.9 Å². The first-order valence-corrected chi connectivity index (χ1v) is 3.34. The zero-order valence-corrected chi connectivity index (χ0v) is 6.52. The van der Waals surface area contributed by atoms with Gasteiger partial charge in [-0.3, -0.25) is 9.36 Å². The Kier molecular flexibility index (Phi) is 2.23. The van der Waals surface area contributed by atoms with Gasteiger partial charge in [-0.2, -0.15) is 0 Å². The van der Waals surface area contributed by atoms with Gasteiger partial charge in [0.05, 0.1) is 6.42 Å². The second kappa shape index (κ2) is 3.17. The molecule has 0 spiro atoms. The first-order chi connectivity index (χ1) is 5.61. The molecule has 1 N–H and O–H groups in total. The molecule has 0 unspecified atom stereocenters. The highest BCUT2D eigenvalue weighted by Crippen LogP contribution is 1.93. The highest BCUT2D eigenvalue weighted by Gasteiger charge is 2.03. The van der Waals surface area contributed by atoms with Crippen LogP contribution in [0, 0.1) is 0 Å². The fourth-order valence-corrected chi connectivity index (χ4v) is 0.841. The minimum Gasteiger partial charge on any atom is -0.481 e. The summed E-state index contributed by atoms with van der Waals surface area (Å²) < 4.78 is 1.22. The minimum absolute atomic E-state index is 0.158. The Labute approximate surface area is 68.3 Å². The molecule has 0 aliphatic heterocycles. The topological polar surface area (TPSA) is 72.2 Å². The van der Waals surface area contributed by atoms with Crippen LogP contribution in [-0.2, 0) is 18.3 Å². The number of carbonyl (C=O) groups is 1. The minimum atomic E-state index is -0.962. The Morgan fingerprint density at radius 1 is 1.75 bits per heavy atom. The summed E-state index contributed by atoms with van der Waals surface area (Å²) in [4.78, 5) is 24.6. The van der Waals surface area contributed by atoms with Gasteiger partial charge in [-0.1, -0.05) is 0 Å². The SMILES string of the molecule is Cn1c(CC(=O)O)ccnc1=O. The molecule has 5 heteroatoms. The largest absolute Gasteiger partial charge is 0.481 e. The lowest BCUT2D eigenvalue weighted by Crippen LogP contribution is -2.23. The van der Waals surface area contributed by atoms with E-state index in [0.717, 1.165) is 0 Å². The summed E-state index contributed by atoms with van der Waals surface area (Å²) in [5, 5.41) is 8.45. The van der Waals surface area contributed by atoms with Crippen LogP contribution >= 0.6 is 0 Å². The van der Waals surface area contributed by atoms with Crippen LogP contribution in [0.2, 0.25) is 0 Å². The molecule has 64 valence electrons. The van der Waals surface area contributed by atoms with Crippen LogP contribution in [0.25, 0.3) is 0 Å². The number of carboxylic acid groups (broad SMARTS) is 1. The monoisotopic (exact) mass is 168 g/mol. The summed E-state index contributed by atoms with van der Waals surface area (Å²) in [5.41, 5.74) is 0.0104. The molecule has 0 saturated heterocycles. The molecule has 0 aromatic carbocycles. The van der Waals surface area contributed by atoms with Crippen molar-refractivity contribution in [2.45, 2.75) is 6.42 Å². The molecular weight excluding hydrogens is 160 g/mol. The molecule has 1 aromatic rings. The number of hydrogen-bond donors (Lipinski definition) is 1. The number of carboxylic acids is 1. The molecule has 0 aliphatic rings. The summed E-state index contributed by atoms with van der Waals surface area (Å²) in [7, 11) is 1.49. The molecule has 5 nitrogen and oxygen atoms in total. The van der Waals surface area contributed by atoms with Crippen molar-refractivity contribution < 1.29 is 9.90 Å². The summed E-state index contributed by atoms with van der Waals surface area (Å²) >= 11 is 0. The lowest BCUT2D eigenvalue weighted by Gasteiger charge is -2.02. The summed E-state index contributed by atoms with van der Waals surface area (Å²) in [6, 6.07) is 1.51. The first kappa shape index (κ1) is 8.45. The van der Waals surface area contributed by atoms with Crippen LogP contribution < -0.4 is 5.69 Å². The maximum absolute atomic E-state index is 10.9. The van der Waals surface area contributed by atoms with E-state index in [-0.39, 0.29) is 6.42 Å². The molecule has 0 fully saturated rings.